The van der Waals surface area contributed by atoms with Crippen LogP contribution >= 0.6 is 23.1 Å². The molecular weight excluding hydrogens is 480 g/mol. The van der Waals surface area contributed by atoms with Gasteiger partial charge >= 0.3 is 0 Å². The van der Waals surface area contributed by atoms with E-state index in [-0.39, 0.29) is 23.0 Å². The smallest absolute Gasteiger partial charge is 0.267 e. The van der Waals surface area contributed by atoms with Crippen LogP contribution in [0.5, 0.6) is 5.75 Å². The van der Waals surface area contributed by atoms with Crippen LogP contribution in [-0.4, -0.2) is 26.3 Å². The first-order valence-corrected chi connectivity index (χ1v) is 13.1. The first-order chi connectivity index (χ1) is 17.0. The minimum atomic E-state index is -0.314. The third kappa shape index (κ3) is 4.69. The number of nitrogens with zero attached hydrogens (tertiary/aromatic N) is 2. The zero-order valence-electron chi connectivity index (χ0n) is 18.9. The second kappa shape index (κ2) is 9.97. The maximum Gasteiger partial charge on any atom is 0.267 e. The van der Waals surface area contributed by atoms with Gasteiger partial charge in [0.15, 0.2) is 5.16 Å². The van der Waals surface area contributed by atoms with Crippen LogP contribution in [0.1, 0.15) is 28.8 Å². The molecular formula is C26H24N4O3S2. The van der Waals surface area contributed by atoms with Crippen molar-refractivity contribution in [1.82, 2.24) is 20.4 Å². The van der Waals surface area contributed by atoms with E-state index in [4.69, 9.17) is 4.98 Å². The van der Waals surface area contributed by atoms with Crippen molar-refractivity contribution in [2.75, 3.05) is 5.75 Å². The number of hydrogen-bond donors (Lipinski definition) is 3. The molecule has 0 spiro atoms. The lowest BCUT2D eigenvalue weighted by Gasteiger charge is -2.14. The minimum absolute atomic E-state index is 0.0386. The number of aryl methyl sites for hydroxylation is 2. The number of carbonyl (C=O) groups is 1. The van der Waals surface area contributed by atoms with Crippen LogP contribution in [0.4, 0.5) is 0 Å². The quantitative estimate of drug-likeness (QED) is 0.196. The maximum absolute atomic E-state index is 13.7. The van der Waals surface area contributed by atoms with Gasteiger partial charge in [0.25, 0.3) is 5.56 Å². The number of benzene rings is 2. The van der Waals surface area contributed by atoms with Gasteiger partial charge in [-0.1, -0.05) is 48.7 Å². The van der Waals surface area contributed by atoms with Gasteiger partial charge in [-0.2, -0.15) is 0 Å². The molecule has 0 saturated carbocycles. The molecule has 2 heterocycles. The minimum Gasteiger partial charge on any atom is -0.507 e. The van der Waals surface area contributed by atoms with Gasteiger partial charge in [-0.05, 0) is 55.5 Å². The summed E-state index contributed by atoms with van der Waals surface area (Å²) >= 11 is 2.80. The predicted octanol–water partition coefficient (Wildman–Crippen LogP) is 4.42. The fourth-order valence-corrected chi connectivity index (χ4v) is 6.31. The SMILES string of the molecule is C=C(NNC(=O)CSc1nc2sc3c(c2c(=O)n1-c1ccccc1)CCCC3)c1ccccc1O. The highest BCUT2D eigenvalue weighted by Gasteiger charge is 2.23. The number of hydrazine groups is 1. The van der Waals surface area contributed by atoms with Crippen LogP contribution in [0.25, 0.3) is 21.6 Å². The molecule has 7 nitrogen and oxygen atoms in total. The molecule has 0 saturated heterocycles. The van der Waals surface area contributed by atoms with Crippen molar-refractivity contribution in [3.63, 3.8) is 0 Å². The number of rotatable bonds is 7. The van der Waals surface area contributed by atoms with Gasteiger partial charge in [0.2, 0.25) is 5.91 Å². The van der Waals surface area contributed by atoms with Gasteiger partial charge in [-0.15, -0.1) is 11.3 Å². The number of amides is 1. The van der Waals surface area contributed by atoms with Gasteiger partial charge in [-0.25, -0.2) is 4.98 Å². The predicted molar refractivity (Wildman–Crippen MR) is 141 cm³/mol. The molecule has 9 heteroatoms. The third-order valence-electron chi connectivity index (χ3n) is 5.89. The molecule has 2 aromatic carbocycles. The highest BCUT2D eigenvalue weighted by molar-refractivity contribution is 7.99. The standard InChI is InChI=1S/C26H24N4O3S2/c1-16(18-11-5-7-13-20(18)31)28-29-22(32)15-34-26-27-24-23(19-12-6-8-14-21(19)35-24)25(33)30(26)17-9-3-2-4-10-17/h2-5,7,9-11,13,28,31H,1,6,8,12,14-15H2,(H,29,32). The molecule has 3 N–H and O–H groups in total. The molecule has 0 aliphatic heterocycles. The summed E-state index contributed by atoms with van der Waals surface area (Å²) in [7, 11) is 0. The molecule has 1 aliphatic rings. The van der Waals surface area contributed by atoms with Gasteiger partial charge < -0.3 is 5.11 Å². The average molecular weight is 505 g/mol. The van der Waals surface area contributed by atoms with Crippen LogP contribution in [0.15, 0.2) is 71.1 Å². The topological polar surface area (TPSA) is 96.3 Å². The Morgan fingerprint density at radius 2 is 1.83 bits per heavy atom. The molecule has 0 radical (unpaired) electrons. The zero-order chi connectivity index (χ0) is 24.4. The summed E-state index contributed by atoms with van der Waals surface area (Å²) in [5, 5.41) is 11.1. The van der Waals surface area contributed by atoms with Gasteiger partial charge in [0.05, 0.1) is 22.5 Å². The Morgan fingerprint density at radius 3 is 2.63 bits per heavy atom. The molecule has 5 rings (SSSR count). The molecule has 0 fully saturated rings. The molecule has 0 atom stereocenters. The van der Waals surface area contributed by atoms with Crippen LogP contribution in [0, 0.1) is 0 Å². The molecule has 35 heavy (non-hydrogen) atoms. The highest BCUT2D eigenvalue weighted by atomic mass is 32.2. The van der Waals surface area contributed by atoms with E-state index in [1.54, 1.807) is 40.2 Å². The fraction of sp³-hybridized carbons (Fsp3) is 0.192. The van der Waals surface area contributed by atoms with Gasteiger partial charge in [0, 0.05) is 10.4 Å². The monoisotopic (exact) mass is 504 g/mol. The number of fused-ring (bicyclic) bond motifs is 3. The van der Waals surface area contributed by atoms with Crippen LogP contribution in [0.2, 0.25) is 0 Å². The molecule has 0 unspecified atom stereocenters. The molecule has 2 aromatic heterocycles. The van der Waals surface area contributed by atoms with Crippen molar-refractivity contribution in [3.05, 3.63) is 87.5 Å². The number of nitrogens with one attached hydrogen (secondary N) is 2. The number of thiophene rings is 1. The van der Waals surface area contributed by atoms with E-state index in [9.17, 15) is 14.7 Å². The molecule has 1 aliphatic carbocycles. The highest BCUT2D eigenvalue weighted by Crippen LogP contribution is 2.35. The van der Waals surface area contributed by atoms with Crippen LogP contribution in [0.3, 0.4) is 0 Å². The summed E-state index contributed by atoms with van der Waals surface area (Å²) in [5.74, 6) is -0.209. The Morgan fingerprint density at radius 1 is 1.09 bits per heavy atom. The van der Waals surface area contributed by atoms with Crippen molar-refractivity contribution in [1.29, 1.82) is 0 Å². The number of phenolic OH excluding ortho intramolecular Hbond substituents is 1. The van der Waals surface area contributed by atoms with Crippen molar-refractivity contribution in [2.24, 2.45) is 0 Å². The van der Waals surface area contributed by atoms with E-state index in [0.717, 1.165) is 41.8 Å². The summed E-state index contributed by atoms with van der Waals surface area (Å²) in [6.45, 7) is 3.86. The van der Waals surface area contributed by atoms with Crippen molar-refractivity contribution < 1.29 is 9.90 Å². The number of phenols is 1. The number of para-hydroxylation sites is 2. The molecule has 0 bridgehead atoms. The Hall–Kier alpha value is -3.56. The van der Waals surface area contributed by atoms with Crippen molar-refractivity contribution in [2.45, 2.75) is 30.8 Å². The lowest BCUT2D eigenvalue weighted by Crippen LogP contribution is -2.37. The lowest BCUT2D eigenvalue weighted by molar-refractivity contribution is -0.119. The Bertz CT molecular complexity index is 1480. The number of hydrogen-bond acceptors (Lipinski definition) is 7. The summed E-state index contributed by atoms with van der Waals surface area (Å²) in [6.07, 6.45) is 4.11. The number of aromatic nitrogens is 2. The molecule has 178 valence electrons. The van der Waals surface area contributed by atoms with Crippen molar-refractivity contribution >= 4 is 44.9 Å². The fourth-order valence-electron chi connectivity index (χ4n) is 4.20. The lowest BCUT2D eigenvalue weighted by atomic mass is 9.97. The molecule has 4 aromatic rings. The van der Waals surface area contributed by atoms with E-state index < -0.39 is 0 Å². The Kier molecular flexibility index (Phi) is 6.61. The summed E-state index contributed by atoms with van der Waals surface area (Å²) < 4.78 is 1.61. The third-order valence-corrected chi connectivity index (χ3v) is 8.01. The largest absolute Gasteiger partial charge is 0.507 e. The summed E-state index contributed by atoms with van der Waals surface area (Å²) in [4.78, 5) is 33.1. The summed E-state index contributed by atoms with van der Waals surface area (Å²) in [6, 6.07) is 16.1. The second-order valence-electron chi connectivity index (χ2n) is 8.22. The van der Waals surface area contributed by atoms with E-state index in [2.05, 4.69) is 17.4 Å². The Balaban J connectivity index is 1.39. The van der Waals surface area contributed by atoms with Crippen LogP contribution in [-0.2, 0) is 17.6 Å². The summed E-state index contributed by atoms with van der Waals surface area (Å²) in [5.41, 5.74) is 7.97. The van der Waals surface area contributed by atoms with Gasteiger partial charge in [-0.3, -0.25) is 25.0 Å². The second-order valence-corrected chi connectivity index (χ2v) is 10.2. The van der Waals surface area contributed by atoms with Gasteiger partial charge in [0.1, 0.15) is 10.6 Å². The van der Waals surface area contributed by atoms with Crippen LogP contribution < -0.4 is 16.4 Å². The first-order valence-electron chi connectivity index (χ1n) is 11.3. The number of thioether (sulfide) groups is 1. The molecule has 1 amide bonds. The average Bonchev–Trinajstić information content (AvgIpc) is 3.25. The zero-order valence-corrected chi connectivity index (χ0v) is 20.5. The normalized spacial score (nSPS) is 12.8. The number of aromatic hydroxyl groups is 1. The maximum atomic E-state index is 13.7. The van der Waals surface area contributed by atoms with E-state index in [0.29, 0.717) is 21.8 Å². The number of carbonyl (C=O) groups excluding carboxylic acids is 1. The Labute approximate surface area is 210 Å². The van der Waals surface area contributed by atoms with E-state index in [1.165, 1.54) is 16.6 Å². The van der Waals surface area contributed by atoms with E-state index in [1.807, 2.05) is 30.3 Å². The van der Waals surface area contributed by atoms with E-state index >= 15 is 0 Å². The van der Waals surface area contributed by atoms with Crippen molar-refractivity contribution in [3.8, 4) is 11.4 Å². The first kappa shape index (κ1) is 23.2.